The SMILES string of the molecule is COc1ccc(Cn2nc(C)cc2N=C(C)CC(=O)O)cc1. The molecule has 2 aromatic rings. The number of aryl methyl sites for hydroxylation is 1. The lowest BCUT2D eigenvalue weighted by atomic mass is 10.2. The highest BCUT2D eigenvalue weighted by Crippen LogP contribution is 2.18. The van der Waals surface area contributed by atoms with E-state index < -0.39 is 5.97 Å². The number of hydrogen-bond donors (Lipinski definition) is 1. The van der Waals surface area contributed by atoms with E-state index >= 15 is 0 Å². The zero-order chi connectivity index (χ0) is 16.1. The van der Waals surface area contributed by atoms with Gasteiger partial charge in [0.05, 0.1) is 25.8 Å². The summed E-state index contributed by atoms with van der Waals surface area (Å²) >= 11 is 0. The molecule has 1 aromatic carbocycles. The highest BCUT2D eigenvalue weighted by atomic mass is 16.5. The topological polar surface area (TPSA) is 76.7 Å². The van der Waals surface area contributed by atoms with E-state index in [2.05, 4.69) is 10.1 Å². The first-order valence-electron chi connectivity index (χ1n) is 6.91. The first-order chi connectivity index (χ1) is 10.5. The summed E-state index contributed by atoms with van der Waals surface area (Å²) in [4.78, 5) is 15.1. The van der Waals surface area contributed by atoms with E-state index in [9.17, 15) is 4.79 Å². The van der Waals surface area contributed by atoms with E-state index in [-0.39, 0.29) is 6.42 Å². The maximum absolute atomic E-state index is 10.7. The number of benzene rings is 1. The third kappa shape index (κ3) is 4.18. The van der Waals surface area contributed by atoms with Gasteiger partial charge in [-0.2, -0.15) is 5.10 Å². The van der Waals surface area contributed by atoms with Gasteiger partial charge in [0.2, 0.25) is 0 Å². The van der Waals surface area contributed by atoms with Crippen LogP contribution in [0.2, 0.25) is 0 Å². The van der Waals surface area contributed by atoms with Gasteiger partial charge in [-0.3, -0.25) is 4.79 Å². The molecule has 22 heavy (non-hydrogen) atoms. The van der Waals surface area contributed by atoms with Crippen molar-refractivity contribution in [2.45, 2.75) is 26.8 Å². The van der Waals surface area contributed by atoms with Crippen molar-refractivity contribution in [1.29, 1.82) is 0 Å². The second kappa shape index (κ2) is 6.89. The molecule has 0 radical (unpaired) electrons. The summed E-state index contributed by atoms with van der Waals surface area (Å²) in [5, 5.41) is 13.2. The van der Waals surface area contributed by atoms with Crippen LogP contribution in [-0.2, 0) is 11.3 Å². The van der Waals surface area contributed by atoms with E-state index in [1.165, 1.54) is 0 Å². The monoisotopic (exact) mass is 301 g/mol. The molecule has 0 saturated heterocycles. The number of aromatic nitrogens is 2. The van der Waals surface area contributed by atoms with Gasteiger partial charge in [-0.25, -0.2) is 9.67 Å². The average molecular weight is 301 g/mol. The average Bonchev–Trinajstić information content (AvgIpc) is 2.78. The molecular weight excluding hydrogens is 282 g/mol. The van der Waals surface area contributed by atoms with E-state index in [0.29, 0.717) is 18.1 Å². The number of rotatable bonds is 6. The quantitative estimate of drug-likeness (QED) is 0.832. The number of methoxy groups -OCH3 is 1. The first-order valence-corrected chi connectivity index (χ1v) is 6.91. The van der Waals surface area contributed by atoms with Gasteiger partial charge in [0.15, 0.2) is 5.82 Å². The highest BCUT2D eigenvalue weighted by Gasteiger charge is 2.07. The third-order valence-electron chi connectivity index (χ3n) is 3.08. The molecule has 1 heterocycles. The molecule has 116 valence electrons. The molecule has 0 unspecified atom stereocenters. The van der Waals surface area contributed by atoms with Gasteiger partial charge in [-0.1, -0.05) is 12.1 Å². The fourth-order valence-corrected chi connectivity index (χ4v) is 2.10. The Morgan fingerprint density at radius 1 is 1.36 bits per heavy atom. The summed E-state index contributed by atoms with van der Waals surface area (Å²) in [6.07, 6.45) is -0.0766. The van der Waals surface area contributed by atoms with Gasteiger partial charge in [0, 0.05) is 11.8 Å². The number of nitrogens with zero attached hydrogens (tertiary/aromatic N) is 3. The highest BCUT2D eigenvalue weighted by molar-refractivity contribution is 5.97. The van der Waals surface area contributed by atoms with Crippen molar-refractivity contribution < 1.29 is 14.6 Å². The molecule has 0 atom stereocenters. The standard InChI is InChI=1S/C16H19N3O3/c1-11(9-16(20)21)17-15-8-12(2)18-19(15)10-13-4-6-14(22-3)7-5-13/h4-8H,9-10H2,1-3H3,(H,20,21). The molecule has 0 aliphatic carbocycles. The molecule has 1 N–H and O–H groups in total. The molecule has 0 saturated carbocycles. The van der Waals surface area contributed by atoms with Gasteiger partial charge in [0.25, 0.3) is 0 Å². The number of hydrogen-bond acceptors (Lipinski definition) is 4. The maximum Gasteiger partial charge on any atom is 0.309 e. The van der Waals surface area contributed by atoms with Crippen LogP contribution in [0.3, 0.4) is 0 Å². The molecule has 0 aliphatic rings. The predicted octanol–water partition coefficient (Wildman–Crippen LogP) is 2.82. The predicted molar refractivity (Wildman–Crippen MR) is 84.1 cm³/mol. The number of aliphatic carboxylic acids is 1. The van der Waals surface area contributed by atoms with Crippen LogP contribution in [0.1, 0.15) is 24.6 Å². The summed E-state index contributed by atoms with van der Waals surface area (Å²) in [6.45, 7) is 4.15. The van der Waals surface area contributed by atoms with Gasteiger partial charge in [-0.15, -0.1) is 0 Å². The van der Waals surface area contributed by atoms with Crippen molar-refractivity contribution in [1.82, 2.24) is 9.78 Å². The Bertz CT molecular complexity index is 687. The Hall–Kier alpha value is -2.63. The lowest BCUT2D eigenvalue weighted by Crippen LogP contribution is -2.05. The maximum atomic E-state index is 10.7. The molecule has 0 bridgehead atoms. The first kappa shape index (κ1) is 15.8. The summed E-state index contributed by atoms with van der Waals surface area (Å²) < 4.78 is 6.90. The number of aliphatic imine (C=N–C) groups is 1. The molecule has 1 aromatic heterocycles. The minimum absolute atomic E-state index is 0.0766. The minimum Gasteiger partial charge on any atom is -0.497 e. The number of carboxylic acids is 1. The third-order valence-corrected chi connectivity index (χ3v) is 3.08. The van der Waals surface area contributed by atoms with Crippen molar-refractivity contribution >= 4 is 17.5 Å². The number of carboxylic acid groups (broad SMARTS) is 1. The molecule has 0 aliphatic heterocycles. The van der Waals surface area contributed by atoms with Crippen LogP contribution < -0.4 is 4.74 Å². The number of ether oxygens (including phenoxy) is 1. The van der Waals surface area contributed by atoms with E-state index in [4.69, 9.17) is 9.84 Å². The second-order valence-corrected chi connectivity index (χ2v) is 5.07. The second-order valence-electron chi connectivity index (χ2n) is 5.07. The van der Waals surface area contributed by atoms with Crippen LogP contribution in [0.25, 0.3) is 0 Å². The zero-order valence-electron chi connectivity index (χ0n) is 12.9. The molecule has 6 heteroatoms. The Morgan fingerprint density at radius 3 is 2.64 bits per heavy atom. The molecule has 0 fully saturated rings. The Morgan fingerprint density at radius 2 is 2.05 bits per heavy atom. The summed E-state index contributed by atoms with van der Waals surface area (Å²) in [5.41, 5.74) is 2.45. The Kier molecular flexibility index (Phi) is 4.93. The van der Waals surface area contributed by atoms with Gasteiger partial charge >= 0.3 is 5.97 Å². The van der Waals surface area contributed by atoms with E-state index in [1.807, 2.05) is 37.3 Å². The van der Waals surface area contributed by atoms with Crippen molar-refractivity contribution in [3.05, 3.63) is 41.6 Å². The lowest BCUT2D eigenvalue weighted by Gasteiger charge is -2.06. The van der Waals surface area contributed by atoms with Crippen LogP contribution in [0.5, 0.6) is 5.75 Å². The normalized spacial score (nSPS) is 11.5. The minimum atomic E-state index is -0.890. The van der Waals surface area contributed by atoms with Crippen molar-refractivity contribution in [2.24, 2.45) is 4.99 Å². The smallest absolute Gasteiger partial charge is 0.309 e. The van der Waals surface area contributed by atoms with Crippen LogP contribution in [0.15, 0.2) is 35.3 Å². The van der Waals surface area contributed by atoms with E-state index in [0.717, 1.165) is 17.0 Å². The van der Waals surface area contributed by atoms with Crippen LogP contribution in [0, 0.1) is 6.92 Å². The van der Waals surface area contributed by atoms with Crippen molar-refractivity contribution in [2.75, 3.05) is 7.11 Å². The van der Waals surface area contributed by atoms with Gasteiger partial charge in [-0.05, 0) is 31.5 Å². The molecule has 0 spiro atoms. The van der Waals surface area contributed by atoms with Crippen molar-refractivity contribution in [3.63, 3.8) is 0 Å². The molecule has 0 amide bonds. The molecule has 6 nitrogen and oxygen atoms in total. The molecular formula is C16H19N3O3. The van der Waals surface area contributed by atoms with Gasteiger partial charge < -0.3 is 9.84 Å². The Labute approximate surface area is 129 Å². The van der Waals surface area contributed by atoms with E-state index in [1.54, 1.807) is 18.7 Å². The summed E-state index contributed by atoms with van der Waals surface area (Å²) in [6, 6.07) is 9.56. The summed E-state index contributed by atoms with van der Waals surface area (Å²) in [5.74, 6) is 0.571. The van der Waals surface area contributed by atoms with Crippen LogP contribution in [-0.4, -0.2) is 33.7 Å². The lowest BCUT2D eigenvalue weighted by molar-refractivity contribution is -0.135. The van der Waals surface area contributed by atoms with Crippen molar-refractivity contribution in [3.8, 4) is 5.75 Å². The number of carbonyl (C=O) groups is 1. The fourth-order valence-electron chi connectivity index (χ4n) is 2.10. The molecule has 2 rings (SSSR count). The zero-order valence-corrected chi connectivity index (χ0v) is 12.9. The Balaban J connectivity index is 2.22. The fraction of sp³-hybridized carbons (Fsp3) is 0.312. The van der Waals surface area contributed by atoms with Crippen LogP contribution >= 0.6 is 0 Å². The largest absolute Gasteiger partial charge is 0.497 e. The van der Waals surface area contributed by atoms with Crippen LogP contribution in [0.4, 0.5) is 5.82 Å². The van der Waals surface area contributed by atoms with Gasteiger partial charge in [0.1, 0.15) is 5.75 Å². The summed E-state index contributed by atoms with van der Waals surface area (Å²) in [7, 11) is 1.63.